The van der Waals surface area contributed by atoms with Crippen LogP contribution in [0.25, 0.3) is 0 Å². The number of nitro benzene ring substituents is 1. The molecule has 1 amide bonds. The first-order valence-corrected chi connectivity index (χ1v) is 8.23. The van der Waals surface area contributed by atoms with Gasteiger partial charge in [0.15, 0.2) is 0 Å². The van der Waals surface area contributed by atoms with Crippen molar-refractivity contribution >= 4 is 29.2 Å². The van der Waals surface area contributed by atoms with Gasteiger partial charge in [0.1, 0.15) is 6.61 Å². The maximum absolute atomic E-state index is 12.0. The van der Waals surface area contributed by atoms with Gasteiger partial charge in [0.25, 0.3) is 11.6 Å². The highest BCUT2D eigenvalue weighted by Gasteiger charge is 2.19. The Morgan fingerprint density at radius 3 is 2.67 bits per heavy atom. The molecule has 0 aromatic heterocycles. The normalized spacial score (nSPS) is 14.4. The van der Waals surface area contributed by atoms with Crippen LogP contribution in [0.15, 0.2) is 18.2 Å². The standard InChI is InChI=1S/C16H19ClN2O5/c17-14-10-12(19(22)23)5-6-13(14)16(21)18-7-8-24-15(20)9-11-3-1-2-4-11/h5-6,10-11H,1-4,7-9H2,(H,18,21). The summed E-state index contributed by atoms with van der Waals surface area (Å²) in [5.41, 5.74) is -0.0445. The van der Waals surface area contributed by atoms with Gasteiger partial charge in [0.2, 0.25) is 0 Å². The Bertz CT molecular complexity index is 629. The number of non-ortho nitro benzene ring substituents is 1. The summed E-state index contributed by atoms with van der Waals surface area (Å²) in [6.07, 6.45) is 4.92. The van der Waals surface area contributed by atoms with Gasteiger partial charge in [-0.3, -0.25) is 19.7 Å². The van der Waals surface area contributed by atoms with Gasteiger partial charge < -0.3 is 10.1 Å². The number of nitro groups is 1. The molecule has 0 bridgehead atoms. The molecule has 8 heteroatoms. The third-order valence-electron chi connectivity index (χ3n) is 3.99. The molecular formula is C16H19ClN2O5. The topological polar surface area (TPSA) is 98.5 Å². The molecule has 7 nitrogen and oxygen atoms in total. The quantitative estimate of drug-likeness (QED) is 0.351. The van der Waals surface area contributed by atoms with Gasteiger partial charge in [-0.05, 0) is 24.8 Å². The second-order valence-electron chi connectivity index (χ2n) is 5.75. The molecule has 130 valence electrons. The summed E-state index contributed by atoms with van der Waals surface area (Å²) in [6, 6.07) is 3.63. The molecule has 0 atom stereocenters. The number of rotatable bonds is 7. The first kappa shape index (κ1) is 18.2. The zero-order valence-corrected chi connectivity index (χ0v) is 13.9. The largest absolute Gasteiger partial charge is 0.464 e. The lowest BCUT2D eigenvalue weighted by molar-refractivity contribution is -0.384. The Kier molecular flexibility index (Phi) is 6.54. The second-order valence-corrected chi connectivity index (χ2v) is 6.16. The predicted molar refractivity (Wildman–Crippen MR) is 88.0 cm³/mol. The molecule has 1 fully saturated rings. The molecule has 1 aliphatic carbocycles. The SMILES string of the molecule is O=C(CC1CCCC1)OCCNC(=O)c1ccc([N+](=O)[O-])cc1Cl. The van der Waals surface area contributed by atoms with E-state index < -0.39 is 10.8 Å². The maximum Gasteiger partial charge on any atom is 0.306 e. The minimum absolute atomic E-state index is 0.0000665. The van der Waals surface area contributed by atoms with E-state index in [1.165, 1.54) is 25.0 Å². The number of carbonyl (C=O) groups excluding carboxylic acids is 2. The number of hydrogen-bond donors (Lipinski definition) is 1. The lowest BCUT2D eigenvalue weighted by Gasteiger charge is -2.10. The summed E-state index contributed by atoms with van der Waals surface area (Å²) < 4.78 is 5.10. The zero-order valence-electron chi connectivity index (χ0n) is 13.1. The van der Waals surface area contributed by atoms with Crippen LogP contribution in [0.4, 0.5) is 5.69 Å². The molecule has 1 N–H and O–H groups in total. The van der Waals surface area contributed by atoms with Crippen LogP contribution in [-0.4, -0.2) is 30.0 Å². The molecule has 2 rings (SSSR count). The fourth-order valence-electron chi connectivity index (χ4n) is 2.74. The maximum atomic E-state index is 12.0. The smallest absolute Gasteiger partial charge is 0.306 e. The van der Waals surface area contributed by atoms with E-state index in [0.717, 1.165) is 18.9 Å². The number of benzene rings is 1. The average Bonchev–Trinajstić information content (AvgIpc) is 3.04. The van der Waals surface area contributed by atoms with Gasteiger partial charge in [-0.1, -0.05) is 24.4 Å². The van der Waals surface area contributed by atoms with Gasteiger partial charge in [-0.25, -0.2) is 0 Å². The summed E-state index contributed by atoms with van der Waals surface area (Å²) in [5.74, 6) is -0.294. The third-order valence-corrected chi connectivity index (χ3v) is 4.30. The molecule has 1 saturated carbocycles. The summed E-state index contributed by atoms with van der Waals surface area (Å²) in [4.78, 5) is 33.7. The molecule has 1 aromatic carbocycles. The van der Waals surface area contributed by atoms with E-state index in [2.05, 4.69) is 5.32 Å². The highest BCUT2D eigenvalue weighted by Crippen LogP contribution is 2.27. The first-order chi connectivity index (χ1) is 11.5. The Hall–Kier alpha value is -2.15. The van der Waals surface area contributed by atoms with Crippen LogP contribution in [0.5, 0.6) is 0 Å². The van der Waals surface area contributed by atoms with E-state index in [1.807, 2.05) is 0 Å². The van der Waals surface area contributed by atoms with Crippen molar-refractivity contribution in [2.24, 2.45) is 5.92 Å². The van der Waals surface area contributed by atoms with Crippen molar-refractivity contribution in [2.75, 3.05) is 13.2 Å². The number of carbonyl (C=O) groups is 2. The third kappa shape index (κ3) is 5.19. The fourth-order valence-corrected chi connectivity index (χ4v) is 3.00. The molecule has 0 aliphatic heterocycles. The number of hydrogen-bond acceptors (Lipinski definition) is 5. The van der Waals surface area contributed by atoms with Crippen molar-refractivity contribution in [2.45, 2.75) is 32.1 Å². The number of nitrogens with zero attached hydrogens (tertiary/aromatic N) is 1. The van der Waals surface area contributed by atoms with Crippen LogP contribution in [-0.2, 0) is 9.53 Å². The molecule has 1 aromatic rings. The van der Waals surface area contributed by atoms with Crippen LogP contribution in [0, 0.1) is 16.0 Å². The minimum Gasteiger partial charge on any atom is -0.464 e. The number of ether oxygens (including phenoxy) is 1. The van der Waals surface area contributed by atoms with E-state index in [0.29, 0.717) is 12.3 Å². The lowest BCUT2D eigenvalue weighted by atomic mass is 10.1. The van der Waals surface area contributed by atoms with E-state index in [9.17, 15) is 19.7 Å². The number of esters is 1. The van der Waals surface area contributed by atoms with E-state index in [1.54, 1.807) is 0 Å². The van der Waals surface area contributed by atoms with Crippen molar-refractivity contribution in [3.8, 4) is 0 Å². The number of nitrogens with one attached hydrogen (secondary N) is 1. The van der Waals surface area contributed by atoms with E-state index >= 15 is 0 Å². The highest BCUT2D eigenvalue weighted by atomic mass is 35.5. The molecular weight excluding hydrogens is 336 g/mol. The van der Waals surface area contributed by atoms with Gasteiger partial charge in [-0.2, -0.15) is 0 Å². The van der Waals surface area contributed by atoms with E-state index in [4.69, 9.17) is 16.3 Å². The van der Waals surface area contributed by atoms with Gasteiger partial charge in [-0.15, -0.1) is 0 Å². The molecule has 1 aliphatic rings. The van der Waals surface area contributed by atoms with Crippen LogP contribution in [0.2, 0.25) is 5.02 Å². The molecule has 0 spiro atoms. The lowest BCUT2D eigenvalue weighted by Crippen LogP contribution is -2.28. The Morgan fingerprint density at radius 1 is 1.33 bits per heavy atom. The van der Waals surface area contributed by atoms with Crippen molar-refractivity contribution in [1.29, 1.82) is 0 Å². The van der Waals surface area contributed by atoms with E-state index in [-0.39, 0.29) is 35.4 Å². The molecule has 0 unspecified atom stereocenters. The molecule has 24 heavy (non-hydrogen) atoms. The summed E-state index contributed by atoms with van der Waals surface area (Å²) in [6.45, 7) is 0.241. The van der Waals surface area contributed by atoms with Crippen molar-refractivity contribution in [3.63, 3.8) is 0 Å². The van der Waals surface area contributed by atoms with Gasteiger partial charge >= 0.3 is 5.97 Å². The van der Waals surface area contributed by atoms with Crippen molar-refractivity contribution in [1.82, 2.24) is 5.32 Å². The van der Waals surface area contributed by atoms with Crippen molar-refractivity contribution in [3.05, 3.63) is 38.9 Å². The van der Waals surface area contributed by atoms with Crippen LogP contribution in [0.3, 0.4) is 0 Å². The second kappa shape index (κ2) is 8.63. The fraction of sp³-hybridized carbons (Fsp3) is 0.500. The predicted octanol–water partition coefficient (Wildman–Crippen LogP) is 3.10. The Labute approximate surface area is 144 Å². The average molecular weight is 355 g/mol. The highest BCUT2D eigenvalue weighted by molar-refractivity contribution is 6.34. The van der Waals surface area contributed by atoms with Gasteiger partial charge in [0, 0.05) is 18.6 Å². The molecule has 0 saturated heterocycles. The molecule has 0 radical (unpaired) electrons. The Morgan fingerprint density at radius 2 is 2.04 bits per heavy atom. The van der Waals surface area contributed by atoms with Crippen LogP contribution >= 0.6 is 11.6 Å². The Balaban J connectivity index is 1.73. The minimum atomic E-state index is -0.586. The summed E-state index contributed by atoms with van der Waals surface area (Å²) in [5, 5.41) is 13.2. The monoisotopic (exact) mass is 354 g/mol. The summed E-state index contributed by atoms with van der Waals surface area (Å²) in [7, 11) is 0. The van der Waals surface area contributed by atoms with Crippen LogP contribution < -0.4 is 5.32 Å². The summed E-state index contributed by atoms with van der Waals surface area (Å²) >= 11 is 5.88. The zero-order chi connectivity index (χ0) is 17.5. The van der Waals surface area contributed by atoms with Crippen molar-refractivity contribution < 1.29 is 19.2 Å². The number of amides is 1. The van der Waals surface area contributed by atoms with Gasteiger partial charge in [0.05, 0.1) is 22.1 Å². The number of halogens is 1. The van der Waals surface area contributed by atoms with Crippen LogP contribution in [0.1, 0.15) is 42.5 Å². The first-order valence-electron chi connectivity index (χ1n) is 7.85. The molecule has 0 heterocycles.